The third-order valence-corrected chi connectivity index (χ3v) is 2.52. The average Bonchev–Trinajstić information content (AvgIpc) is 2.42. The highest BCUT2D eigenvalue weighted by atomic mass is 79.9. The predicted octanol–water partition coefficient (Wildman–Crippen LogP) is 1.51. The van der Waals surface area contributed by atoms with Crippen molar-refractivity contribution in [3.8, 4) is 17.6 Å². The van der Waals surface area contributed by atoms with Crippen molar-refractivity contribution in [3.63, 3.8) is 0 Å². The SMILES string of the molecule is CCOC(=O)C(=O)NCC#CCOc1cccc(Br)c1. The fourth-order valence-corrected chi connectivity index (χ4v) is 1.56. The normalized spacial score (nSPS) is 9.10. The summed E-state index contributed by atoms with van der Waals surface area (Å²) in [6.07, 6.45) is 0. The fraction of sp³-hybridized carbons (Fsp3) is 0.286. The van der Waals surface area contributed by atoms with Crippen molar-refractivity contribution in [2.24, 2.45) is 0 Å². The van der Waals surface area contributed by atoms with E-state index in [-0.39, 0.29) is 19.8 Å². The Balaban J connectivity index is 2.24. The van der Waals surface area contributed by atoms with E-state index in [9.17, 15) is 9.59 Å². The molecule has 5 nitrogen and oxygen atoms in total. The number of halogens is 1. The molecule has 0 spiro atoms. The van der Waals surface area contributed by atoms with Crippen LogP contribution in [0.1, 0.15) is 6.92 Å². The van der Waals surface area contributed by atoms with Gasteiger partial charge in [0.05, 0.1) is 13.2 Å². The van der Waals surface area contributed by atoms with Crippen LogP contribution in [0.15, 0.2) is 28.7 Å². The number of carbonyl (C=O) groups is 2. The van der Waals surface area contributed by atoms with Crippen LogP contribution in [0.2, 0.25) is 0 Å². The summed E-state index contributed by atoms with van der Waals surface area (Å²) in [7, 11) is 0. The molecule has 0 radical (unpaired) electrons. The minimum atomic E-state index is -0.903. The Bertz CT molecular complexity index is 533. The first-order valence-corrected chi connectivity index (χ1v) is 6.71. The van der Waals surface area contributed by atoms with Crippen molar-refractivity contribution >= 4 is 27.8 Å². The summed E-state index contributed by atoms with van der Waals surface area (Å²) in [5.41, 5.74) is 0. The zero-order valence-electron chi connectivity index (χ0n) is 10.9. The molecule has 106 valence electrons. The van der Waals surface area contributed by atoms with Crippen molar-refractivity contribution in [1.29, 1.82) is 0 Å². The maximum absolute atomic E-state index is 11.1. The highest BCUT2D eigenvalue weighted by molar-refractivity contribution is 9.10. The number of hydrogen-bond donors (Lipinski definition) is 1. The van der Waals surface area contributed by atoms with E-state index in [0.29, 0.717) is 5.75 Å². The second-order valence-electron chi connectivity index (χ2n) is 3.50. The summed E-state index contributed by atoms with van der Waals surface area (Å²) in [6, 6.07) is 7.38. The van der Waals surface area contributed by atoms with Gasteiger partial charge in [-0.15, -0.1) is 0 Å². The minimum absolute atomic E-state index is 0.0689. The Morgan fingerprint density at radius 3 is 2.85 bits per heavy atom. The van der Waals surface area contributed by atoms with Crippen LogP contribution < -0.4 is 10.1 Å². The van der Waals surface area contributed by atoms with E-state index in [1.54, 1.807) is 6.92 Å². The van der Waals surface area contributed by atoms with Crippen molar-refractivity contribution in [2.45, 2.75) is 6.92 Å². The molecule has 0 unspecified atom stereocenters. The molecule has 0 atom stereocenters. The van der Waals surface area contributed by atoms with Gasteiger partial charge in [0.1, 0.15) is 12.4 Å². The molecule has 6 heteroatoms. The van der Waals surface area contributed by atoms with Crippen molar-refractivity contribution in [1.82, 2.24) is 5.32 Å². The lowest BCUT2D eigenvalue weighted by atomic mass is 10.3. The smallest absolute Gasteiger partial charge is 0.396 e. The molecule has 0 saturated heterocycles. The molecule has 0 aromatic heterocycles. The summed E-state index contributed by atoms with van der Waals surface area (Å²) in [4.78, 5) is 22.1. The second-order valence-corrected chi connectivity index (χ2v) is 4.42. The molecule has 0 aliphatic rings. The summed E-state index contributed by atoms with van der Waals surface area (Å²) in [5, 5.41) is 2.32. The number of amides is 1. The van der Waals surface area contributed by atoms with Gasteiger partial charge in [0.25, 0.3) is 0 Å². The standard InChI is InChI=1S/C14H14BrNO4/c1-2-19-14(18)13(17)16-8-3-4-9-20-12-7-5-6-11(15)10-12/h5-7,10H,2,8-9H2,1H3,(H,16,17). The monoisotopic (exact) mass is 339 g/mol. The molecule has 0 aliphatic carbocycles. The number of esters is 1. The van der Waals surface area contributed by atoms with E-state index in [1.807, 2.05) is 24.3 Å². The third kappa shape index (κ3) is 6.25. The third-order valence-electron chi connectivity index (χ3n) is 2.03. The van der Waals surface area contributed by atoms with E-state index >= 15 is 0 Å². The van der Waals surface area contributed by atoms with E-state index in [0.717, 1.165) is 4.47 Å². The Morgan fingerprint density at radius 1 is 1.35 bits per heavy atom. The predicted molar refractivity (Wildman–Crippen MR) is 77.1 cm³/mol. The minimum Gasteiger partial charge on any atom is -0.481 e. The fourth-order valence-electron chi connectivity index (χ4n) is 1.18. The van der Waals surface area contributed by atoms with Gasteiger partial charge in [-0.1, -0.05) is 33.8 Å². The van der Waals surface area contributed by atoms with E-state index in [1.165, 1.54) is 0 Å². The number of hydrogen-bond acceptors (Lipinski definition) is 4. The van der Waals surface area contributed by atoms with Crippen LogP contribution >= 0.6 is 15.9 Å². The lowest BCUT2D eigenvalue weighted by Crippen LogP contribution is -2.32. The summed E-state index contributed by atoms with van der Waals surface area (Å²) < 4.78 is 10.8. The first-order valence-electron chi connectivity index (χ1n) is 5.92. The van der Waals surface area contributed by atoms with Crippen LogP contribution in [0.4, 0.5) is 0 Å². The molecule has 1 rings (SSSR count). The van der Waals surface area contributed by atoms with Gasteiger partial charge in [0, 0.05) is 4.47 Å². The average molecular weight is 340 g/mol. The molecular weight excluding hydrogens is 326 g/mol. The highest BCUT2D eigenvalue weighted by Crippen LogP contribution is 2.17. The van der Waals surface area contributed by atoms with Gasteiger partial charge in [-0.05, 0) is 25.1 Å². The van der Waals surface area contributed by atoms with Gasteiger partial charge in [0.15, 0.2) is 0 Å². The molecular formula is C14H14BrNO4. The molecule has 1 aromatic carbocycles. The Hall–Kier alpha value is -2.00. The van der Waals surface area contributed by atoms with Crippen molar-refractivity contribution in [3.05, 3.63) is 28.7 Å². The van der Waals surface area contributed by atoms with Crippen LogP contribution in [-0.4, -0.2) is 31.6 Å². The zero-order valence-corrected chi connectivity index (χ0v) is 12.5. The Kier molecular flexibility index (Phi) is 7.22. The van der Waals surface area contributed by atoms with E-state index in [4.69, 9.17) is 4.74 Å². The topological polar surface area (TPSA) is 64.6 Å². The molecule has 1 aromatic rings. The number of benzene rings is 1. The first kappa shape index (κ1) is 16.1. The molecule has 1 N–H and O–H groups in total. The van der Waals surface area contributed by atoms with Gasteiger partial charge in [-0.2, -0.15) is 0 Å². The zero-order chi connectivity index (χ0) is 14.8. The number of ether oxygens (including phenoxy) is 2. The van der Waals surface area contributed by atoms with Crippen LogP contribution in [0.5, 0.6) is 5.75 Å². The lowest BCUT2D eigenvalue weighted by molar-refractivity contribution is -0.154. The van der Waals surface area contributed by atoms with Crippen LogP contribution in [0.3, 0.4) is 0 Å². The van der Waals surface area contributed by atoms with Crippen LogP contribution in [0, 0.1) is 11.8 Å². The van der Waals surface area contributed by atoms with Crippen LogP contribution in [0.25, 0.3) is 0 Å². The summed E-state index contributed by atoms with van der Waals surface area (Å²) >= 11 is 3.33. The van der Waals surface area contributed by atoms with Gasteiger partial charge >= 0.3 is 11.9 Å². The van der Waals surface area contributed by atoms with E-state index in [2.05, 4.69) is 37.8 Å². The quantitative estimate of drug-likeness (QED) is 0.513. The molecule has 0 heterocycles. The Morgan fingerprint density at radius 2 is 2.15 bits per heavy atom. The van der Waals surface area contributed by atoms with Crippen LogP contribution in [-0.2, 0) is 14.3 Å². The van der Waals surface area contributed by atoms with Crippen molar-refractivity contribution < 1.29 is 19.1 Å². The molecule has 0 bridgehead atoms. The number of carbonyl (C=O) groups excluding carboxylic acids is 2. The molecule has 0 saturated carbocycles. The molecule has 1 amide bonds. The molecule has 0 fully saturated rings. The molecule has 0 aliphatic heterocycles. The molecule has 20 heavy (non-hydrogen) atoms. The number of nitrogens with one attached hydrogen (secondary N) is 1. The van der Waals surface area contributed by atoms with Gasteiger partial charge in [-0.25, -0.2) is 4.79 Å². The Labute approximate surface area is 125 Å². The van der Waals surface area contributed by atoms with Crippen molar-refractivity contribution in [2.75, 3.05) is 19.8 Å². The maximum Gasteiger partial charge on any atom is 0.396 e. The van der Waals surface area contributed by atoms with Gasteiger partial charge < -0.3 is 14.8 Å². The summed E-state index contributed by atoms with van der Waals surface area (Å²) in [5.74, 6) is 4.40. The largest absolute Gasteiger partial charge is 0.481 e. The first-order chi connectivity index (χ1) is 9.63. The maximum atomic E-state index is 11.1. The second kappa shape index (κ2) is 8.99. The van der Waals surface area contributed by atoms with E-state index < -0.39 is 11.9 Å². The van der Waals surface area contributed by atoms with Gasteiger partial charge in [0.2, 0.25) is 0 Å². The number of rotatable bonds is 4. The highest BCUT2D eigenvalue weighted by Gasteiger charge is 2.12. The summed E-state index contributed by atoms with van der Waals surface area (Å²) in [6.45, 7) is 2.06. The lowest BCUT2D eigenvalue weighted by Gasteiger charge is -2.01. The van der Waals surface area contributed by atoms with Gasteiger partial charge in [-0.3, -0.25) is 4.79 Å².